The SMILES string of the molecule is CN(CCN)C(c1ccccc1)c1ccccc1. The summed E-state index contributed by atoms with van der Waals surface area (Å²) in [6, 6.07) is 21.4. The highest BCUT2D eigenvalue weighted by atomic mass is 15.1. The highest BCUT2D eigenvalue weighted by Crippen LogP contribution is 2.26. The molecule has 0 aromatic heterocycles. The molecule has 0 radical (unpaired) electrons. The van der Waals surface area contributed by atoms with E-state index in [2.05, 4.69) is 72.6 Å². The Balaban J connectivity index is 2.35. The van der Waals surface area contributed by atoms with Crippen LogP contribution >= 0.6 is 0 Å². The van der Waals surface area contributed by atoms with E-state index in [4.69, 9.17) is 5.73 Å². The van der Waals surface area contributed by atoms with E-state index in [-0.39, 0.29) is 6.04 Å². The molecule has 0 saturated heterocycles. The van der Waals surface area contributed by atoms with Gasteiger partial charge in [0.25, 0.3) is 0 Å². The fourth-order valence-corrected chi connectivity index (χ4v) is 2.30. The molecule has 0 unspecified atom stereocenters. The van der Waals surface area contributed by atoms with Gasteiger partial charge in [-0.15, -0.1) is 0 Å². The van der Waals surface area contributed by atoms with Crippen LogP contribution in [-0.2, 0) is 0 Å². The van der Waals surface area contributed by atoms with Gasteiger partial charge < -0.3 is 5.73 Å². The molecule has 2 heteroatoms. The summed E-state index contributed by atoms with van der Waals surface area (Å²) in [5.74, 6) is 0. The summed E-state index contributed by atoms with van der Waals surface area (Å²) in [4.78, 5) is 2.30. The fourth-order valence-electron chi connectivity index (χ4n) is 2.30. The minimum absolute atomic E-state index is 0.274. The van der Waals surface area contributed by atoms with E-state index in [0.717, 1.165) is 6.54 Å². The number of nitrogens with zero attached hydrogens (tertiary/aromatic N) is 1. The van der Waals surface area contributed by atoms with Crippen molar-refractivity contribution in [2.75, 3.05) is 20.1 Å². The lowest BCUT2D eigenvalue weighted by atomic mass is 9.97. The summed E-state index contributed by atoms with van der Waals surface area (Å²) in [6.07, 6.45) is 0. The fraction of sp³-hybridized carbons (Fsp3) is 0.250. The molecule has 0 saturated carbocycles. The van der Waals surface area contributed by atoms with Gasteiger partial charge in [-0.05, 0) is 18.2 Å². The molecule has 0 atom stereocenters. The molecular weight excluding hydrogens is 220 g/mol. The van der Waals surface area contributed by atoms with Crippen molar-refractivity contribution in [3.8, 4) is 0 Å². The molecule has 2 rings (SSSR count). The Morgan fingerprint density at radius 1 is 0.889 bits per heavy atom. The van der Waals surface area contributed by atoms with Crippen molar-refractivity contribution in [3.63, 3.8) is 0 Å². The first-order valence-electron chi connectivity index (χ1n) is 6.33. The summed E-state index contributed by atoms with van der Waals surface area (Å²) in [7, 11) is 2.12. The lowest BCUT2D eigenvalue weighted by molar-refractivity contribution is 0.287. The maximum atomic E-state index is 5.68. The minimum Gasteiger partial charge on any atom is -0.329 e. The van der Waals surface area contributed by atoms with Crippen LogP contribution < -0.4 is 5.73 Å². The second-order valence-electron chi connectivity index (χ2n) is 4.49. The van der Waals surface area contributed by atoms with E-state index < -0.39 is 0 Å². The van der Waals surface area contributed by atoms with Crippen molar-refractivity contribution >= 4 is 0 Å². The Bertz CT molecular complexity index is 414. The smallest absolute Gasteiger partial charge is 0.0599 e. The Kier molecular flexibility index (Phi) is 4.51. The average Bonchev–Trinajstić information content (AvgIpc) is 2.42. The zero-order valence-electron chi connectivity index (χ0n) is 10.8. The molecule has 0 aliphatic rings. The second kappa shape index (κ2) is 6.34. The van der Waals surface area contributed by atoms with E-state index in [1.54, 1.807) is 0 Å². The predicted molar refractivity (Wildman–Crippen MR) is 76.4 cm³/mol. The number of hydrogen-bond acceptors (Lipinski definition) is 2. The third-order valence-corrected chi connectivity index (χ3v) is 3.15. The lowest BCUT2D eigenvalue weighted by Crippen LogP contribution is -2.30. The molecule has 0 fully saturated rings. The number of hydrogen-bond donors (Lipinski definition) is 1. The van der Waals surface area contributed by atoms with E-state index in [9.17, 15) is 0 Å². The molecule has 0 amide bonds. The zero-order valence-corrected chi connectivity index (χ0v) is 10.8. The van der Waals surface area contributed by atoms with Gasteiger partial charge >= 0.3 is 0 Å². The van der Waals surface area contributed by atoms with E-state index in [0.29, 0.717) is 6.54 Å². The Labute approximate surface area is 109 Å². The number of likely N-dealkylation sites (N-methyl/N-ethyl adjacent to an activating group) is 1. The van der Waals surface area contributed by atoms with Gasteiger partial charge in [-0.2, -0.15) is 0 Å². The van der Waals surface area contributed by atoms with Crippen LogP contribution in [0.3, 0.4) is 0 Å². The quantitative estimate of drug-likeness (QED) is 0.870. The first-order chi connectivity index (χ1) is 8.83. The molecule has 0 bridgehead atoms. The molecule has 0 aliphatic heterocycles. The zero-order chi connectivity index (χ0) is 12.8. The second-order valence-corrected chi connectivity index (χ2v) is 4.49. The van der Waals surface area contributed by atoms with Crippen LogP contribution in [0.4, 0.5) is 0 Å². The van der Waals surface area contributed by atoms with Crippen molar-refractivity contribution in [3.05, 3.63) is 71.8 Å². The molecule has 2 N–H and O–H groups in total. The van der Waals surface area contributed by atoms with Gasteiger partial charge in [0.2, 0.25) is 0 Å². The lowest BCUT2D eigenvalue weighted by Gasteiger charge is -2.28. The van der Waals surface area contributed by atoms with E-state index >= 15 is 0 Å². The molecule has 94 valence electrons. The molecule has 2 nitrogen and oxygen atoms in total. The molecule has 0 spiro atoms. The highest BCUT2D eigenvalue weighted by Gasteiger charge is 2.17. The third kappa shape index (κ3) is 2.97. The first-order valence-corrected chi connectivity index (χ1v) is 6.33. The highest BCUT2D eigenvalue weighted by molar-refractivity contribution is 5.31. The largest absolute Gasteiger partial charge is 0.329 e. The predicted octanol–water partition coefficient (Wildman–Crippen LogP) is 2.67. The molecule has 0 aliphatic carbocycles. The topological polar surface area (TPSA) is 29.3 Å². The van der Waals surface area contributed by atoms with Crippen LogP contribution in [0.1, 0.15) is 17.2 Å². The molecule has 18 heavy (non-hydrogen) atoms. The van der Waals surface area contributed by atoms with E-state index in [1.807, 2.05) is 0 Å². The van der Waals surface area contributed by atoms with Gasteiger partial charge in [-0.3, -0.25) is 4.90 Å². The van der Waals surface area contributed by atoms with Crippen LogP contribution in [0.2, 0.25) is 0 Å². The van der Waals surface area contributed by atoms with Gasteiger partial charge in [0.15, 0.2) is 0 Å². The molecular formula is C16H20N2. The summed E-state index contributed by atoms with van der Waals surface area (Å²) in [5.41, 5.74) is 8.29. The summed E-state index contributed by atoms with van der Waals surface area (Å²) < 4.78 is 0. The van der Waals surface area contributed by atoms with Crippen LogP contribution in [0.25, 0.3) is 0 Å². The first kappa shape index (κ1) is 12.8. The summed E-state index contributed by atoms with van der Waals surface area (Å²) in [6.45, 7) is 1.56. The van der Waals surface area contributed by atoms with Crippen LogP contribution in [0.5, 0.6) is 0 Å². The third-order valence-electron chi connectivity index (χ3n) is 3.15. The Hall–Kier alpha value is -1.64. The summed E-state index contributed by atoms with van der Waals surface area (Å²) in [5, 5.41) is 0. The number of benzene rings is 2. The van der Waals surface area contributed by atoms with E-state index in [1.165, 1.54) is 11.1 Å². The van der Waals surface area contributed by atoms with Gasteiger partial charge in [0.05, 0.1) is 6.04 Å². The molecule has 2 aromatic carbocycles. The van der Waals surface area contributed by atoms with Crippen molar-refractivity contribution in [1.82, 2.24) is 4.90 Å². The van der Waals surface area contributed by atoms with Gasteiger partial charge in [-0.1, -0.05) is 60.7 Å². The van der Waals surface area contributed by atoms with Gasteiger partial charge in [0.1, 0.15) is 0 Å². The molecule has 0 heterocycles. The maximum absolute atomic E-state index is 5.68. The monoisotopic (exact) mass is 240 g/mol. The average molecular weight is 240 g/mol. The molecule has 2 aromatic rings. The van der Waals surface area contributed by atoms with Crippen molar-refractivity contribution in [1.29, 1.82) is 0 Å². The minimum atomic E-state index is 0.274. The van der Waals surface area contributed by atoms with Gasteiger partial charge in [-0.25, -0.2) is 0 Å². The van der Waals surface area contributed by atoms with Crippen molar-refractivity contribution < 1.29 is 0 Å². The van der Waals surface area contributed by atoms with Crippen LogP contribution in [0, 0.1) is 0 Å². The van der Waals surface area contributed by atoms with Gasteiger partial charge in [0, 0.05) is 13.1 Å². The van der Waals surface area contributed by atoms with Crippen LogP contribution in [-0.4, -0.2) is 25.0 Å². The standard InChI is InChI=1S/C16H20N2/c1-18(13-12-17)16(14-8-4-2-5-9-14)15-10-6-3-7-11-15/h2-11,16H,12-13,17H2,1H3. The van der Waals surface area contributed by atoms with Crippen LogP contribution in [0.15, 0.2) is 60.7 Å². The van der Waals surface area contributed by atoms with Crippen molar-refractivity contribution in [2.45, 2.75) is 6.04 Å². The summed E-state index contributed by atoms with van der Waals surface area (Å²) >= 11 is 0. The number of rotatable bonds is 5. The Morgan fingerprint density at radius 3 is 1.72 bits per heavy atom. The number of nitrogens with two attached hydrogens (primary N) is 1. The maximum Gasteiger partial charge on any atom is 0.0599 e. The normalized spacial score (nSPS) is 11.1. The van der Waals surface area contributed by atoms with Crippen molar-refractivity contribution in [2.24, 2.45) is 5.73 Å². The Morgan fingerprint density at radius 2 is 1.33 bits per heavy atom.